The molecule has 2 heteroatoms. The van der Waals surface area contributed by atoms with E-state index in [-0.39, 0.29) is 12.1 Å². The molecular weight excluding hydrogens is 116 g/mol. The van der Waals surface area contributed by atoms with Gasteiger partial charge in [0, 0.05) is 6.92 Å². The van der Waals surface area contributed by atoms with Crippen LogP contribution in [0.1, 0.15) is 27.7 Å². The Kier molecular flexibility index (Phi) is 3.28. The van der Waals surface area contributed by atoms with E-state index in [4.69, 9.17) is 4.74 Å². The van der Waals surface area contributed by atoms with E-state index in [9.17, 15) is 4.79 Å². The summed E-state index contributed by atoms with van der Waals surface area (Å²) in [6.07, 6.45) is 0.0440. The van der Waals surface area contributed by atoms with Crippen LogP contribution in [0.5, 0.6) is 0 Å². The lowest BCUT2D eigenvalue weighted by molar-refractivity contribution is -0.147. The molecule has 0 aromatic heterocycles. The van der Waals surface area contributed by atoms with Gasteiger partial charge in [-0.05, 0) is 12.8 Å². The minimum absolute atomic E-state index is 0.0440. The van der Waals surface area contributed by atoms with Crippen molar-refractivity contribution in [3.63, 3.8) is 0 Å². The second-order valence-electron chi connectivity index (χ2n) is 2.56. The van der Waals surface area contributed by atoms with Crippen LogP contribution in [0.15, 0.2) is 0 Å². The Hall–Kier alpha value is -0.530. The topological polar surface area (TPSA) is 26.3 Å². The van der Waals surface area contributed by atoms with Gasteiger partial charge in [-0.15, -0.1) is 0 Å². The van der Waals surface area contributed by atoms with Gasteiger partial charge in [0.1, 0.15) is 6.10 Å². The highest BCUT2D eigenvalue weighted by atomic mass is 16.5. The first-order chi connectivity index (χ1) is 4.04. The number of rotatable bonds is 2. The van der Waals surface area contributed by atoms with Crippen molar-refractivity contribution in [2.24, 2.45) is 5.92 Å². The molecule has 0 saturated carbocycles. The van der Waals surface area contributed by atoms with Gasteiger partial charge in [0.05, 0.1) is 0 Å². The lowest BCUT2D eigenvalue weighted by atomic mass is 10.1. The summed E-state index contributed by atoms with van der Waals surface area (Å²) in [7, 11) is 0. The van der Waals surface area contributed by atoms with Gasteiger partial charge in [0.25, 0.3) is 0 Å². The fourth-order valence-electron chi connectivity index (χ4n) is 0.398. The molecule has 0 rings (SSSR count). The van der Waals surface area contributed by atoms with Crippen LogP contribution in [0.4, 0.5) is 0 Å². The summed E-state index contributed by atoms with van der Waals surface area (Å²) in [4.78, 5) is 10.3. The van der Waals surface area contributed by atoms with Crippen molar-refractivity contribution in [2.45, 2.75) is 33.8 Å². The third kappa shape index (κ3) is 4.01. The smallest absolute Gasteiger partial charge is 0.302 e. The molecule has 1 atom stereocenters. The molecule has 0 aliphatic carbocycles. The van der Waals surface area contributed by atoms with Crippen molar-refractivity contribution in [1.82, 2.24) is 0 Å². The largest absolute Gasteiger partial charge is 0.463 e. The molecule has 0 amide bonds. The van der Waals surface area contributed by atoms with Crippen LogP contribution in [0.2, 0.25) is 0 Å². The maximum atomic E-state index is 10.3. The first-order valence-electron chi connectivity index (χ1n) is 3.21. The zero-order valence-electron chi connectivity index (χ0n) is 6.47. The molecule has 0 aromatic rings. The lowest BCUT2D eigenvalue weighted by Gasteiger charge is -2.14. The van der Waals surface area contributed by atoms with Gasteiger partial charge in [-0.3, -0.25) is 4.79 Å². The molecule has 0 bridgehead atoms. The third-order valence-corrected chi connectivity index (χ3v) is 1.29. The minimum Gasteiger partial charge on any atom is -0.463 e. The molecule has 0 heterocycles. The van der Waals surface area contributed by atoms with Crippen LogP contribution in [-0.4, -0.2) is 12.1 Å². The first kappa shape index (κ1) is 8.47. The van der Waals surface area contributed by atoms with Gasteiger partial charge < -0.3 is 4.74 Å². The van der Waals surface area contributed by atoms with Crippen LogP contribution in [0.3, 0.4) is 0 Å². The summed E-state index contributed by atoms with van der Waals surface area (Å²) in [6, 6.07) is 0. The monoisotopic (exact) mass is 130 g/mol. The normalized spacial score (nSPS) is 13.4. The average Bonchev–Trinajstić information content (AvgIpc) is 1.63. The van der Waals surface area contributed by atoms with E-state index < -0.39 is 0 Å². The zero-order valence-corrected chi connectivity index (χ0v) is 6.47. The molecule has 0 saturated heterocycles. The van der Waals surface area contributed by atoms with Gasteiger partial charge in [-0.25, -0.2) is 0 Å². The second-order valence-corrected chi connectivity index (χ2v) is 2.56. The number of carbonyl (C=O) groups excluding carboxylic acids is 1. The molecule has 0 aliphatic rings. The van der Waals surface area contributed by atoms with Crippen molar-refractivity contribution in [3.05, 3.63) is 0 Å². The van der Waals surface area contributed by atoms with Gasteiger partial charge in [0.15, 0.2) is 0 Å². The quantitative estimate of drug-likeness (QED) is 0.530. The summed E-state index contributed by atoms with van der Waals surface area (Å²) in [5.41, 5.74) is 0. The van der Waals surface area contributed by atoms with Crippen molar-refractivity contribution in [3.8, 4) is 0 Å². The average molecular weight is 130 g/mol. The molecule has 2 nitrogen and oxygen atoms in total. The summed E-state index contributed by atoms with van der Waals surface area (Å²) >= 11 is 0. The van der Waals surface area contributed by atoms with Gasteiger partial charge in [0.2, 0.25) is 0 Å². The Morgan fingerprint density at radius 2 is 1.78 bits per heavy atom. The Bertz CT molecular complexity index is 97.1. The van der Waals surface area contributed by atoms with Crippen LogP contribution in [0.25, 0.3) is 0 Å². The second kappa shape index (κ2) is 3.49. The molecule has 0 unspecified atom stereocenters. The van der Waals surface area contributed by atoms with E-state index in [1.165, 1.54) is 6.92 Å². The Morgan fingerprint density at radius 1 is 1.33 bits per heavy atom. The minimum atomic E-state index is -0.198. The van der Waals surface area contributed by atoms with Crippen molar-refractivity contribution >= 4 is 5.97 Å². The number of esters is 1. The summed E-state index contributed by atoms with van der Waals surface area (Å²) < 4.78 is 4.87. The predicted molar refractivity (Wildman–Crippen MR) is 36.1 cm³/mol. The van der Waals surface area contributed by atoms with Crippen LogP contribution >= 0.6 is 0 Å². The van der Waals surface area contributed by atoms with Gasteiger partial charge in [-0.1, -0.05) is 13.8 Å². The number of hydrogen-bond donors (Lipinski definition) is 0. The molecule has 9 heavy (non-hydrogen) atoms. The van der Waals surface area contributed by atoms with Gasteiger partial charge >= 0.3 is 5.97 Å². The zero-order chi connectivity index (χ0) is 7.44. The molecule has 0 radical (unpaired) electrons. The number of ether oxygens (including phenoxy) is 1. The summed E-state index contributed by atoms with van der Waals surface area (Å²) in [6.45, 7) is 7.37. The molecule has 0 N–H and O–H groups in total. The van der Waals surface area contributed by atoms with Gasteiger partial charge in [-0.2, -0.15) is 0 Å². The molecule has 0 aliphatic heterocycles. The van der Waals surface area contributed by atoms with Crippen LogP contribution in [0, 0.1) is 5.92 Å². The van der Waals surface area contributed by atoms with E-state index in [2.05, 4.69) is 0 Å². The van der Waals surface area contributed by atoms with E-state index in [0.29, 0.717) is 5.92 Å². The lowest BCUT2D eigenvalue weighted by Crippen LogP contribution is -2.17. The standard InChI is InChI=1S/C7H14O2/c1-5(2)6(3)9-7(4)8/h5-6H,1-4H3/t6-/m1/s1. The molecule has 0 aromatic carbocycles. The van der Waals surface area contributed by atoms with Crippen molar-refractivity contribution in [2.75, 3.05) is 0 Å². The fourth-order valence-corrected chi connectivity index (χ4v) is 0.398. The van der Waals surface area contributed by atoms with Crippen molar-refractivity contribution < 1.29 is 9.53 Å². The molecule has 54 valence electrons. The Balaban J connectivity index is 3.50. The molecular formula is C7H14O2. The Labute approximate surface area is 56.2 Å². The van der Waals surface area contributed by atoms with Crippen molar-refractivity contribution in [1.29, 1.82) is 0 Å². The number of carbonyl (C=O) groups is 1. The maximum Gasteiger partial charge on any atom is 0.302 e. The third-order valence-electron chi connectivity index (χ3n) is 1.29. The highest BCUT2D eigenvalue weighted by Gasteiger charge is 2.08. The highest BCUT2D eigenvalue weighted by Crippen LogP contribution is 2.04. The Morgan fingerprint density at radius 3 is 1.89 bits per heavy atom. The summed E-state index contributed by atoms with van der Waals surface area (Å²) in [5, 5.41) is 0. The predicted octanol–water partition coefficient (Wildman–Crippen LogP) is 1.59. The molecule has 0 spiro atoms. The van der Waals surface area contributed by atoms with E-state index in [1.807, 2.05) is 20.8 Å². The maximum absolute atomic E-state index is 10.3. The highest BCUT2D eigenvalue weighted by molar-refractivity contribution is 5.66. The number of hydrogen-bond acceptors (Lipinski definition) is 2. The van der Waals surface area contributed by atoms with Crippen LogP contribution in [-0.2, 0) is 9.53 Å². The van der Waals surface area contributed by atoms with E-state index in [1.54, 1.807) is 0 Å². The molecule has 0 fully saturated rings. The summed E-state index contributed by atoms with van der Waals surface area (Å²) in [5.74, 6) is 0.213. The van der Waals surface area contributed by atoms with Crippen LogP contribution < -0.4 is 0 Å². The SMILES string of the molecule is CC(=O)O[C@H](C)C(C)C. The fraction of sp³-hybridized carbons (Fsp3) is 0.857. The van der Waals surface area contributed by atoms with E-state index in [0.717, 1.165) is 0 Å². The van der Waals surface area contributed by atoms with E-state index >= 15 is 0 Å². The first-order valence-corrected chi connectivity index (χ1v) is 3.21.